The molecule has 0 saturated heterocycles. The van der Waals surface area contributed by atoms with Gasteiger partial charge in [-0.15, -0.1) is 0 Å². The summed E-state index contributed by atoms with van der Waals surface area (Å²) in [5.74, 6) is 0.358. The van der Waals surface area contributed by atoms with Crippen molar-refractivity contribution in [2.24, 2.45) is 5.92 Å². The summed E-state index contributed by atoms with van der Waals surface area (Å²) in [7, 11) is 1.40. The Morgan fingerprint density at radius 3 is 3.00 bits per heavy atom. The maximum Gasteiger partial charge on any atom is 0.337 e. The van der Waals surface area contributed by atoms with Gasteiger partial charge >= 0.3 is 5.97 Å². The number of ether oxygens (including phenoxy) is 1. The number of carbonyl (C=O) groups excluding carboxylic acids is 1. The highest BCUT2D eigenvalue weighted by Gasteiger charge is 2.23. The van der Waals surface area contributed by atoms with Crippen molar-refractivity contribution in [3.63, 3.8) is 0 Å². The highest BCUT2D eigenvalue weighted by Crippen LogP contribution is 2.34. The van der Waals surface area contributed by atoms with Crippen LogP contribution in [0.4, 0.5) is 0 Å². The molecule has 2 aromatic rings. The molecule has 4 heteroatoms. The third-order valence-corrected chi connectivity index (χ3v) is 4.46. The number of fused-ring (bicyclic) bond motifs is 3. The fourth-order valence-electron chi connectivity index (χ4n) is 3.42. The van der Waals surface area contributed by atoms with Crippen LogP contribution in [0.5, 0.6) is 0 Å². The summed E-state index contributed by atoms with van der Waals surface area (Å²) in [6.07, 6.45) is 3.26. The first-order valence-corrected chi connectivity index (χ1v) is 7.49. The van der Waals surface area contributed by atoms with E-state index < -0.39 is 0 Å². The number of hydrogen-bond acceptors (Lipinski definition) is 3. The molecular weight excluding hydrogens is 266 g/mol. The van der Waals surface area contributed by atoms with Gasteiger partial charge in [-0.05, 0) is 48.9 Å². The van der Waals surface area contributed by atoms with Crippen LogP contribution >= 0.6 is 0 Å². The van der Waals surface area contributed by atoms with Gasteiger partial charge in [0.1, 0.15) is 0 Å². The minimum absolute atomic E-state index is 0.129. The molecule has 0 amide bonds. The lowest BCUT2D eigenvalue weighted by atomic mass is 9.87. The van der Waals surface area contributed by atoms with E-state index in [9.17, 15) is 9.90 Å². The van der Waals surface area contributed by atoms with Crippen molar-refractivity contribution in [2.45, 2.75) is 32.7 Å². The molecule has 3 rings (SSSR count). The smallest absolute Gasteiger partial charge is 0.337 e. The lowest BCUT2D eigenvalue weighted by molar-refractivity contribution is 0.0601. The number of methoxy groups -OCH3 is 1. The Bertz CT molecular complexity index is 687. The first-order chi connectivity index (χ1) is 10.2. The maximum absolute atomic E-state index is 11.8. The molecule has 1 aliphatic rings. The number of nitrogens with zero attached hydrogens (tertiary/aromatic N) is 1. The molecule has 1 heterocycles. The minimum Gasteiger partial charge on any atom is -0.465 e. The number of esters is 1. The molecule has 0 saturated carbocycles. The fraction of sp³-hybridized carbons (Fsp3) is 0.471. The lowest BCUT2D eigenvalue weighted by Gasteiger charge is -2.20. The van der Waals surface area contributed by atoms with Crippen LogP contribution in [-0.4, -0.2) is 29.4 Å². The van der Waals surface area contributed by atoms with E-state index >= 15 is 0 Å². The Morgan fingerprint density at radius 2 is 2.29 bits per heavy atom. The van der Waals surface area contributed by atoms with Crippen LogP contribution in [0.3, 0.4) is 0 Å². The third-order valence-electron chi connectivity index (χ3n) is 4.46. The minimum atomic E-state index is -0.301. The molecule has 112 valence electrons. The summed E-state index contributed by atoms with van der Waals surface area (Å²) >= 11 is 0. The van der Waals surface area contributed by atoms with Crippen molar-refractivity contribution in [3.8, 4) is 0 Å². The summed E-state index contributed by atoms with van der Waals surface area (Å²) in [6.45, 7) is 3.00. The maximum atomic E-state index is 11.8. The van der Waals surface area contributed by atoms with Crippen molar-refractivity contribution >= 4 is 16.9 Å². The average molecular weight is 287 g/mol. The van der Waals surface area contributed by atoms with Crippen LogP contribution in [0.2, 0.25) is 0 Å². The number of rotatable bonds is 3. The number of hydrogen-bond donors (Lipinski definition) is 1. The van der Waals surface area contributed by atoms with Gasteiger partial charge in [0.05, 0.1) is 19.3 Å². The molecule has 1 aromatic carbocycles. The van der Waals surface area contributed by atoms with Crippen LogP contribution in [0, 0.1) is 5.92 Å². The van der Waals surface area contributed by atoms with Gasteiger partial charge in [0.15, 0.2) is 0 Å². The van der Waals surface area contributed by atoms with Crippen molar-refractivity contribution in [2.75, 3.05) is 13.7 Å². The van der Waals surface area contributed by atoms with Crippen LogP contribution < -0.4 is 0 Å². The van der Waals surface area contributed by atoms with Crippen LogP contribution in [0.1, 0.15) is 35.0 Å². The predicted molar refractivity (Wildman–Crippen MR) is 81.6 cm³/mol. The van der Waals surface area contributed by atoms with Crippen molar-refractivity contribution < 1.29 is 14.6 Å². The van der Waals surface area contributed by atoms with Gasteiger partial charge in [0.2, 0.25) is 0 Å². The summed E-state index contributed by atoms with van der Waals surface area (Å²) < 4.78 is 7.02. The number of aliphatic hydroxyl groups excluding tert-OH is 1. The van der Waals surface area contributed by atoms with E-state index in [1.807, 2.05) is 12.1 Å². The second kappa shape index (κ2) is 5.53. The molecule has 21 heavy (non-hydrogen) atoms. The number of benzene rings is 1. The summed E-state index contributed by atoms with van der Waals surface area (Å²) in [5.41, 5.74) is 4.35. The Labute approximate surface area is 124 Å². The van der Waals surface area contributed by atoms with Gasteiger partial charge in [-0.25, -0.2) is 4.79 Å². The standard InChI is InChI=1S/C17H21NO3/c1-11-3-5-15-13(9-11)14-10-12(17(20)21-2)4-6-16(14)18(15)7-8-19/h4,6,10-11,19H,3,5,7-9H2,1-2H3. The molecule has 0 bridgehead atoms. The molecule has 4 nitrogen and oxygen atoms in total. The molecule has 0 fully saturated rings. The van der Waals surface area contributed by atoms with Gasteiger partial charge in [0.25, 0.3) is 0 Å². The van der Waals surface area contributed by atoms with E-state index in [4.69, 9.17) is 4.74 Å². The Balaban J connectivity index is 2.21. The average Bonchev–Trinajstić information content (AvgIpc) is 2.80. The van der Waals surface area contributed by atoms with Crippen LogP contribution in [0.25, 0.3) is 10.9 Å². The highest BCUT2D eigenvalue weighted by atomic mass is 16.5. The second-order valence-electron chi connectivity index (χ2n) is 5.87. The molecule has 0 spiro atoms. The van der Waals surface area contributed by atoms with Gasteiger partial charge in [0, 0.05) is 23.1 Å². The van der Waals surface area contributed by atoms with E-state index in [2.05, 4.69) is 11.5 Å². The Morgan fingerprint density at radius 1 is 1.48 bits per heavy atom. The summed E-state index contributed by atoms with van der Waals surface area (Å²) in [4.78, 5) is 11.8. The van der Waals surface area contributed by atoms with Gasteiger partial charge < -0.3 is 14.4 Å². The molecule has 1 aliphatic carbocycles. The van der Waals surface area contributed by atoms with E-state index in [0.29, 0.717) is 18.0 Å². The van der Waals surface area contributed by atoms with E-state index in [1.165, 1.54) is 24.8 Å². The molecule has 1 unspecified atom stereocenters. The van der Waals surface area contributed by atoms with Gasteiger partial charge in [-0.3, -0.25) is 0 Å². The van der Waals surface area contributed by atoms with Crippen LogP contribution in [-0.2, 0) is 24.1 Å². The summed E-state index contributed by atoms with van der Waals surface area (Å²) in [5, 5.41) is 10.5. The first kappa shape index (κ1) is 14.1. The van der Waals surface area contributed by atoms with Gasteiger partial charge in [-0.2, -0.15) is 0 Å². The van der Waals surface area contributed by atoms with Gasteiger partial charge in [-0.1, -0.05) is 6.92 Å². The van der Waals surface area contributed by atoms with E-state index in [0.717, 1.165) is 23.7 Å². The van der Waals surface area contributed by atoms with E-state index in [1.54, 1.807) is 6.07 Å². The zero-order valence-electron chi connectivity index (χ0n) is 12.6. The van der Waals surface area contributed by atoms with Crippen molar-refractivity contribution in [3.05, 3.63) is 35.0 Å². The fourth-order valence-corrected chi connectivity index (χ4v) is 3.42. The molecule has 0 aliphatic heterocycles. The predicted octanol–water partition coefficient (Wildman–Crippen LogP) is 2.55. The first-order valence-electron chi connectivity index (χ1n) is 7.49. The van der Waals surface area contributed by atoms with E-state index in [-0.39, 0.29) is 12.6 Å². The highest BCUT2D eigenvalue weighted by molar-refractivity contribution is 5.96. The number of carbonyl (C=O) groups is 1. The zero-order chi connectivity index (χ0) is 15.0. The quantitative estimate of drug-likeness (QED) is 0.883. The number of aromatic nitrogens is 1. The molecular formula is C17H21NO3. The Kier molecular flexibility index (Phi) is 3.72. The SMILES string of the molecule is COC(=O)c1ccc2c(c1)c1c(n2CCO)CCC(C)C1. The van der Waals surface area contributed by atoms with Crippen molar-refractivity contribution in [1.29, 1.82) is 0 Å². The van der Waals surface area contributed by atoms with Crippen molar-refractivity contribution in [1.82, 2.24) is 4.57 Å². The molecule has 1 aromatic heterocycles. The third kappa shape index (κ3) is 2.33. The summed E-state index contributed by atoms with van der Waals surface area (Å²) in [6, 6.07) is 5.71. The number of aliphatic hydroxyl groups is 1. The zero-order valence-corrected chi connectivity index (χ0v) is 12.6. The molecule has 1 atom stereocenters. The Hall–Kier alpha value is -1.81. The monoisotopic (exact) mass is 287 g/mol. The normalized spacial score (nSPS) is 17.8. The van der Waals surface area contributed by atoms with Crippen LogP contribution in [0.15, 0.2) is 18.2 Å². The molecule has 1 N–H and O–H groups in total. The molecule has 0 radical (unpaired) electrons. The second-order valence-corrected chi connectivity index (χ2v) is 5.87. The largest absolute Gasteiger partial charge is 0.465 e. The lowest BCUT2D eigenvalue weighted by Crippen LogP contribution is -2.14. The topological polar surface area (TPSA) is 51.5 Å².